The summed E-state index contributed by atoms with van der Waals surface area (Å²) in [6.45, 7) is 3.39. The van der Waals surface area contributed by atoms with Crippen LogP contribution >= 0.6 is 11.8 Å². The molecule has 2 aromatic rings. The lowest BCUT2D eigenvalue weighted by atomic mass is 10.1. The summed E-state index contributed by atoms with van der Waals surface area (Å²) in [6.07, 6.45) is 5.12. The van der Waals surface area contributed by atoms with Crippen LogP contribution in [0.15, 0.2) is 35.5 Å². The molecule has 0 bridgehead atoms. The van der Waals surface area contributed by atoms with Crippen LogP contribution in [0.25, 0.3) is 11.1 Å². The first-order valence-electron chi connectivity index (χ1n) is 7.71. The number of H-pyrrole nitrogens is 1. The van der Waals surface area contributed by atoms with Crippen LogP contribution in [-0.2, 0) is 0 Å². The first-order chi connectivity index (χ1) is 11.2. The van der Waals surface area contributed by atoms with Crippen LogP contribution in [0.5, 0.6) is 0 Å². The number of nitrogens with one attached hydrogen (secondary N) is 2. The summed E-state index contributed by atoms with van der Waals surface area (Å²) >= 11 is 1.69. The van der Waals surface area contributed by atoms with E-state index in [1.165, 1.54) is 25.9 Å². The fraction of sp³-hybridized carbons (Fsp3) is 0.375. The van der Waals surface area contributed by atoms with Crippen LogP contribution in [0, 0.1) is 0 Å². The smallest absolute Gasteiger partial charge is 0.409 e. The molecule has 1 saturated heterocycles. The Kier molecular flexibility index (Phi) is 5.19. The van der Waals surface area contributed by atoms with E-state index < -0.39 is 6.09 Å². The van der Waals surface area contributed by atoms with E-state index >= 15 is 0 Å². The van der Waals surface area contributed by atoms with Crippen molar-refractivity contribution in [2.24, 2.45) is 0 Å². The van der Waals surface area contributed by atoms with Crippen LogP contribution in [0.3, 0.4) is 0 Å². The number of benzene rings is 1. The lowest BCUT2D eigenvalue weighted by Crippen LogP contribution is -2.21. The van der Waals surface area contributed by atoms with E-state index in [4.69, 9.17) is 5.11 Å². The Morgan fingerprint density at radius 2 is 2.17 bits per heavy atom. The third kappa shape index (κ3) is 4.27. The molecule has 0 saturated carbocycles. The Morgan fingerprint density at radius 3 is 2.87 bits per heavy atom. The zero-order valence-electron chi connectivity index (χ0n) is 12.8. The van der Waals surface area contributed by atoms with Gasteiger partial charge >= 0.3 is 6.09 Å². The summed E-state index contributed by atoms with van der Waals surface area (Å²) < 4.78 is 0. The molecule has 0 aliphatic carbocycles. The summed E-state index contributed by atoms with van der Waals surface area (Å²) in [5.41, 5.74) is 2.66. The van der Waals surface area contributed by atoms with Crippen LogP contribution in [0.4, 0.5) is 10.5 Å². The van der Waals surface area contributed by atoms with E-state index in [0.29, 0.717) is 5.69 Å². The number of hydrogen-bond acceptors (Lipinski definition) is 4. The number of amides is 1. The second-order valence-electron chi connectivity index (χ2n) is 5.53. The maximum absolute atomic E-state index is 11.0. The van der Waals surface area contributed by atoms with Crippen LogP contribution < -0.4 is 5.32 Å². The molecule has 1 aromatic carbocycles. The van der Waals surface area contributed by atoms with E-state index in [9.17, 15) is 4.79 Å². The van der Waals surface area contributed by atoms with Gasteiger partial charge in [0, 0.05) is 29.0 Å². The highest BCUT2D eigenvalue weighted by molar-refractivity contribution is 7.99. The summed E-state index contributed by atoms with van der Waals surface area (Å²) in [6, 6.07) is 5.74. The molecule has 3 N–H and O–H groups in total. The van der Waals surface area contributed by atoms with Gasteiger partial charge in [-0.3, -0.25) is 10.4 Å². The molecule has 122 valence electrons. The maximum atomic E-state index is 11.0. The Balaban J connectivity index is 1.73. The molecule has 3 rings (SSSR count). The molecular formula is C16H20N4O2S. The minimum absolute atomic E-state index is 0.635. The van der Waals surface area contributed by atoms with Crippen molar-refractivity contribution < 1.29 is 9.90 Å². The lowest BCUT2D eigenvalue weighted by Gasteiger charge is -2.15. The molecular weight excluding hydrogens is 312 g/mol. The fourth-order valence-electron chi connectivity index (χ4n) is 2.74. The number of carbonyl (C=O) groups is 1. The molecule has 1 aliphatic heterocycles. The lowest BCUT2D eigenvalue weighted by molar-refractivity contribution is 0.209. The van der Waals surface area contributed by atoms with E-state index in [1.807, 2.05) is 24.4 Å². The number of hydrogen-bond donors (Lipinski definition) is 3. The highest BCUT2D eigenvalue weighted by Crippen LogP contribution is 2.32. The zero-order valence-corrected chi connectivity index (χ0v) is 13.6. The quantitative estimate of drug-likeness (QED) is 0.707. The molecule has 23 heavy (non-hydrogen) atoms. The second kappa shape index (κ2) is 7.52. The molecule has 6 nitrogen and oxygen atoms in total. The minimum Gasteiger partial charge on any atom is -0.465 e. The maximum Gasteiger partial charge on any atom is 0.409 e. The molecule has 1 aliphatic rings. The average molecular weight is 332 g/mol. The fourth-order valence-corrected chi connectivity index (χ4v) is 3.79. The van der Waals surface area contributed by atoms with Gasteiger partial charge in [0.2, 0.25) is 0 Å². The number of aromatic nitrogens is 2. The highest BCUT2D eigenvalue weighted by atomic mass is 32.2. The van der Waals surface area contributed by atoms with Gasteiger partial charge in [-0.15, -0.1) is 11.8 Å². The van der Waals surface area contributed by atoms with Crippen molar-refractivity contribution in [1.82, 2.24) is 15.1 Å². The first-order valence-corrected chi connectivity index (χ1v) is 8.69. The Hall–Kier alpha value is -1.99. The summed E-state index contributed by atoms with van der Waals surface area (Å²) in [5, 5.41) is 18.2. The predicted molar refractivity (Wildman–Crippen MR) is 92.1 cm³/mol. The molecule has 0 atom stereocenters. The third-order valence-electron chi connectivity index (χ3n) is 3.92. The third-order valence-corrected chi connectivity index (χ3v) is 4.95. The van der Waals surface area contributed by atoms with Gasteiger partial charge in [-0.1, -0.05) is 6.07 Å². The average Bonchev–Trinajstić information content (AvgIpc) is 3.21. The minimum atomic E-state index is -1.04. The van der Waals surface area contributed by atoms with Crippen LogP contribution in [-0.4, -0.2) is 51.7 Å². The number of nitrogens with zero attached hydrogens (tertiary/aromatic N) is 2. The topological polar surface area (TPSA) is 81.2 Å². The van der Waals surface area contributed by atoms with Gasteiger partial charge in [0.15, 0.2) is 0 Å². The van der Waals surface area contributed by atoms with E-state index in [2.05, 4.69) is 20.4 Å². The van der Waals surface area contributed by atoms with Gasteiger partial charge in [-0.2, -0.15) is 5.10 Å². The van der Waals surface area contributed by atoms with Crippen LogP contribution in [0.1, 0.15) is 12.8 Å². The largest absolute Gasteiger partial charge is 0.465 e. The highest BCUT2D eigenvalue weighted by Gasteiger charge is 2.13. The van der Waals surface area contributed by atoms with Crippen molar-refractivity contribution in [3.63, 3.8) is 0 Å². The number of likely N-dealkylation sites (tertiary alicyclic amines) is 1. The molecule has 1 amide bonds. The summed E-state index contributed by atoms with van der Waals surface area (Å²) in [4.78, 5) is 14.4. The molecule has 2 heterocycles. The number of aromatic amines is 1. The van der Waals surface area contributed by atoms with Gasteiger partial charge in [0.05, 0.1) is 11.9 Å². The monoisotopic (exact) mass is 332 g/mol. The van der Waals surface area contributed by atoms with Crippen molar-refractivity contribution in [3.05, 3.63) is 30.6 Å². The van der Waals surface area contributed by atoms with E-state index in [0.717, 1.165) is 28.3 Å². The first kappa shape index (κ1) is 15.9. The number of thioether (sulfide) groups is 1. The summed E-state index contributed by atoms with van der Waals surface area (Å²) in [7, 11) is 0. The SMILES string of the molecule is O=C(O)Nc1ccc(-c2cn[nH]c2)cc1SCCN1CCCC1. The van der Waals surface area contributed by atoms with Gasteiger partial charge in [-0.05, 0) is 43.6 Å². The summed E-state index contributed by atoms with van der Waals surface area (Å²) in [5.74, 6) is 0.948. The van der Waals surface area contributed by atoms with Crippen molar-refractivity contribution in [1.29, 1.82) is 0 Å². The number of anilines is 1. The molecule has 0 radical (unpaired) electrons. The van der Waals surface area contributed by atoms with Crippen molar-refractivity contribution in [3.8, 4) is 11.1 Å². The van der Waals surface area contributed by atoms with Crippen molar-refractivity contribution in [2.45, 2.75) is 17.7 Å². The Bertz CT molecular complexity index is 654. The standard InChI is InChI=1S/C16H20N4O2S/c21-16(22)19-14-4-3-12(13-10-17-18-11-13)9-15(14)23-8-7-20-5-1-2-6-20/h3-4,9-11,19H,1-2,5-8H2,(H,17,18)(H,21,22). The Labute approximate surface area is 139 Å². The molecule has 1 fully saturated rings. The molecule has 0 spiro atoms. The predicted octanol–water partition coefficient (Wildman–Crippen LogP) is 3.35. The van der Waals surface area contributed by atoms with Gasteiger partial charge < -0.3 is 10.0 Å². The van der Waals surface area contributed by atoms with E-state index in [1.54, 1.807) is 18.0 Å². The zero-order chi connectivity index (χ0) is 16.1. The van der Waals surface area contributed by atoms with E-state index in [-0.39, 0.29) is 0 Å². The van der Waals surface area contributed by atoms with Crippen molar-refractivity contribution in [2.75, 3.05) is 30.7 Å². The van der Waals surface area contributed by atoms with Gasteiger partial charge in [0.1, 0.15) is 0 Å². The van der Waals surface area contributed by atoms with Crippen molar-refractivity contribution >= 4 is 23.5 Å². The molecule has 7 heteroatoms. The van der Waals surface area contributed by atoms with Crippen LogP contribution in [0.2, 0.25) is 0 Å². The number of rotatable bonds is 6. The second-order valence-corrected chi connectivity index (χ2v) is 6.66. The number of carboxylic acid groups (broad SMARTS) is 1. The normalized spacial score (nSPS) is 15.0. The Morgan fingerprint density at radius 1 is 1.35 bits per heavy atom. The van der Waals surface area contributed by atoms with Gasteiger partial charge in [0.25, 0.3) is 0 Å². The molecule has 0 unspecified atom stereocenters. The molecule has 1 aromatic heterocycles. The van der Waals surface area contributed by atoms with Gasteiger partial charge in [-0.25, -0.2) is 4.79 Å².